The Balaban J connectivity index is 4.11. The Labute approximate surface area is 88.5 Å². The molecule has 0 radical (unpaired) electrons. The maximum Gasteiger partial charge on any atom is 0.325 e. The van der Waals surface area contributed by atoms with E-state index >= 15 is 0 Å². The molecule has 0 saturated carbocycles. The van der Waals surface area contributed by atoms with Crippen LogP contribution in [0.15, 0.2) is 0 Å². The molecule has 2 unspecified atom stereocenters. The van der Waals surface area contributed by atoms with Crippen LogP contribution in [0, 0.1) is 17.2 Å². The van der Waals surface area contributed by atoms with Crippen molar-refractivity contribution < 1.29 is 14.7 Å². The minimum Gasteiger partial charge on any atom is -0.480 e. The largest absolute Gasteiger partial charge is 0.480 e. The zero-order valence-electron chi connectivity index (χ0n) is 9.02. The molecule has 0 aromatic rings. The molecule has 0 fully saturated rings. The molecule has 0 aliphatic carbocycles. The van der Waals surface area contributed by atoms with Crippen molar-refractivity contribution in [2.24, 2.45) is 5.92 Å². The lowest BCUT2D eigenvalue weighted by Crippen LogP contribution is -2.46. The smallest absolute Gasteiger partial charge is 0.325 e. The number of hydrogen-bond acceptors (Lipinski definition) is 3. The first-order valence-electron chi connectivity index (χ1n) is 4.52. The third-order valence-corrected chi connectivity index (χ3v) is 1.83. The lowest BCUT2D eigenvalue weighted by molar-refractivity contribution is -0.138. The molecule has 0 aliphatic heterocycles. The molecule has 6 heteroatoms. The van der Waals surface area contributed by atoms with Gasteiger partial charge in [-0.3, -0.25) is 4.79 Å². The first-order valence-corrected chi connectivity index (χ1v) is 4.52. The van der Waals surface area contributed by atoms with E-state index in [4.69, 9.17) is 10.4 Å². The second-order valence-corrected chi connectivity index (χ2v) is 3.42. The highest BCUT2D eigenvalue weighted by Crippen LogP contribution is 1.96. The Morgan fingerprint density at radius 3 is 2.47 bits per heavy atom. The number of carboxylic acid groups (broad SMARTS) is 1. The van der Waals surface area contributed by atoms with Gasteiger partial charge in [0.1, 0.15) is 6.04 Å². The van der Waals surface area contributed by atoms with Crippen molar-refractivity contribution in [3.63, 3.8) is 0 Å². The van der Waals surface area contributed by atoms with Gasteiger partial charge in [-0.1, -0.05) is 0 Å². The molecular weight excluding hydrogens is 198 g/mol. The van der Waals surface area contributed by atoms with E-state index in [0.717, 1.165) is 0 Å². The molecule has 15 heavy (non-hydrogen) atoms. The van der Waals surface area contributed by atoms with Gasteiger partial charge in [0.2, 0.25) is 0 Å². The van der Waals surface area contributed by atoms with Gasteiger partial charge in [-0.25, -0.2) is 4.79 Å². The summed E-state index contributed by atoms with van der Waals surface area (Å²) in [6.45, 7) is 3.33. The van der Waals surface area contributed by atoms with Crippen molar-refractivity contribution in [1.29, 1.82) is 5.26 Å². The Hall–Kier alpha value is -1.77. The van der Waals surface area contributed by atoms with E-state index in [1.807, 2.05) is 6.07 Å². The van der Waals surface area contributed by atoms with E-state index in [0.29, 0.717) is 0 Å². The van der Waals surface area contributed by atoms with Crippen LogP contribution >= 0.6 is 0 Å². The summed E-state index contributed by atoms with van der Waals surface area (Å²) >= 11 is 0. The quantitative estimate of drug-likeness (QED) is 0.700. The van der Waals surface area contributed by atoms with Crippen LogP contribution in [0.5, 0.6) is 0 Å². The number of amides is 2. The number of hydrogen-bond donors (Lipinski definition) is 2. The third kappa shape index (κ3) is 4.86. The van der Waals surface area contributed by atoms with Crippen molar-refractivity contribution in [2.45, 2.75) is 19.9 Å². The number of urea groups is 1. The van der Waals surface area contributed by atoms with Crippen LogP contribution < -0.4 is 5.32 Å². The Morgan fingerprint density at radius 2 is 2.07 bits per heavy atom. The molecule has 2 N–H and O–H groups in total. The van der Waals surface area contributed by atoms with Crippen LogP contribution in [-0.2, 0) is 4.79 Å². The molecule has 0 rings (SSSR count). The molecule has 0 spiro atoms. The Kier molecular flexibility index (Phi) is 5.16. The summed E-state index contributed by atoms with van der Waals surface area (Å²) in [6.07, 6.45) is 0. The first-order chi connectivity index (χ1) is 6.88. The van der Waals surface area contributed by atoms with Crippen LogP contribution in [0.25, 0.3) is 0 Å². The van der Waals surface area contributed by atoms with E-state index in [-0.39, 0.29) is 12.5 Å². The van der Waals surface area contributed by atoms with Gasteiger partial charge in [0.25, 0.3) is 0 Å². The topological polar surface area (TPSA) is 93.4 Å². The highest BCUT2D eigenvalue weighted by Gasteiger charge is 2.17. The molecule has 0 aliphatic rings. The minimum absolute atomic E-state index is 0.272. The predicted molar refractivity (Wildman–Crippen MR) is 53.0 cm³/mol. The van der Waals surface area contributed by atoms with Gasteiger partial charge in [0.05, 0.1) is 12.0 Å². The van der Waals surface area contributed by atoms with Gasteiger partial charge >= 0.3 is 12.0 Å². The van der Waals surface area contributed by atoms with E-state index in [1.54, 1.807) is 6.92 Å². The summed E-state index contributed by atoms with van der Waals surface area (Å²) in [5.74, 6) is -1.37. The van der Waals surface area contributed by atoms with Gasteiger partial charge < -0.3 is 15.3 Å². The van der Waals surface area contributed by atoms with Gasteiger partial charge in [0.15, 0.2) is 0 Å². The second-order valence-electron chi connectivity index (χ2n) is 3.42. The monoisotopic (exact) mass is 213 g/mol. The Bertz CT molecular complexity index is 285. The van der Waals surface area contributed by atoms with Crippen molar-refractivity contribution >= 4 is 12.0 Å². The zero-order valence-corrected chi connectivity index (χ0v) is 9.02. The predicted octanol–water partition coefficient (Wildman–Crippen LogP) is 0.261. The minimum atomic E-state index is -1.09. The molecule has 0 aromatic heterocycles. The highest BCUT2D eigenvalue weighted by atomic mass is 16.4. The van der Waals surface area contributed by atoms with Crippen molar-refractivity contribution in [3.8, 4) is 6.07 Å². The average Bonchev–Trinajstić information content (AvgIpc) is 2.16. The number of nitrogens with zero attached hydrogens (tertiary/aromatic N) is 2. The van der Waals surface area contributed by atoms with Crippen molar-refractivity contribution in [1.82, 2.24) is 10.2 Å². The van der Waals surface area contributed by atoms with Crippen LogP contribution in [0.3, 0.4) is 0 Å². The highest BCUT2D eigenvalue weighted by molar-refractivity contribution is 5.82. The fourth-order valence-electron chi connectivity index (χ4n) is 0.892. The molecule has 0 bridgehead atoms. The van der Waals surface area contributed by atoms with E-state index < -0.39 is 18.0 Å². The molecule has 0 aromatic carbocycles. The number of nitrogens with one attached hydrogen (secondary N) is 1. The number of nitriles is 1. The molecule has 84 valence electrons. The summed E-state index contributed by atoms with van der Waals surface area (Å²) in [5, 5.41) is 19.4. The van der Waals surface area contributed by atoms with Crippen molar-refractivity contribution in [2.75, 3.05) is 13.6 Å². The van der Waals surface area contributed by atoms with Gasteiger partial charge in [-0.15, -0.1) is 0 Å². The molecular formula is C9H15N3O3. The summed E-state index contributed by atoms with van der Waals surface area (Å²) in [6, 6.07) is 0.562. The third-order valence-electron chi connectivity index (χ3n) is 1.83. The molecule has 0 saturated heterocycles. The van der Waals surface area contributed by atoms with Gasteiger partial charge in [-0.2, -0.15) is 5.26 Å². The molecule has 6 nitrogen and oxygen atoms in total. The molecule has 2 amide bonds. The van der Waals surface area contributed by atoms with E-state index in [9.17, 15) is 9.59 Å². The zero-order chi connectivity index (χ0) is 12.0. The fraction of sp³-hybridized carbons (Fsp3) is 0.667. The van der Waals surface area contributed by atoms with E-state index in [1.165, 1.54) is 18.9 Å². The second kappa shape index (κ2) is 5.86. The standard InChI is InChI=1S/C9H15N3O3/c1-6(4-10)5-12(3)9(15)11-7(2)8(13)14/h6-7H,5H2,1-3H3,(H,11,15)(H,13,14). The number of rotatable bonds is 4. The maximum atomic E-state index is 11.4. The van der Waals surface area contributed by atoms with Crippen LogP contribution in [0.2, 0.25) is 0 Å². The summed E-state index contributed by atoms with van der Waals surface area (Å²) in [5.41, 5.74) is 0. The lowest BCUT2D eigenvalue weighted by Gasteiger charge is -2.20. The number of aliphatic carboxylic acids is 1. The average molecular weight is 213 g/mol. The van der Waals surface area contributed by atoms with Crippen molar-refractivity contribution in [3.05, 3.63) is 0 Å². The molecule has 0 heterocycles. The normalized spacial score (nSPS) is 13.5. The van der Waals surface area contributed by atoms with Crippen LogP contribution in [-0.4, -0.2) is 41.6 Å². The SMILES string of the molecule is CC(C#N)CN(C)C(=O)NC(C)C(=O)O. The Morgan fingerprint density at radius 1 is 1.53 bits per heavy atom. The van der Waals surface area contributed by atoms with Gasteiger partial charge in [-0.05, 0) is 13.8 Å². The first kappa shape index (κ1) is 13.2. The summed E-state index contributed by atoms with van der Waals surface area (Å²) < 4.78 is 0. The van der Waals surface area contributed by atoms with Gasteiger partial charge in [0, 0.05) is 13.6 Å². The summed E-state index contributed by atoms with van der Waals surface area (Å²) in [4.78, 5) is 23.1. The number of carbonyl (C=O) groups is 2. The number of carboxylic acids is 1. The van der Waals surface area contributed by atoms with Crippen LogP contribution in [0.1, 0.15) is 13.8 Å². The lowest BCUT2D eigenvalue weighted by atomic mass is 10.2. The number of carbonyl (C=O) groups excluding carboxylic acids is 1. The summed E-state index contributed by atoms with van der Waals surface area (Å²) in [7, 11) is 1.51. The molecule has 2 atom stereocenters. The fourth-order valence-corrected chi connectivity index (χ4v) is 0.892. The maximum absolute atomic E-state index is 11.4. The van der Waals surface area contributed by atoms with Crippen LogP contribution in [0.4, 0.5) is 4.79 Å². The van der Waals surface area contributed by atoms with E-state index in [2.05, 4.69) is 5.32 Å².